The maximum Gasteiger partial charge on any atom is 0.0682 e. The van der Waals surface area contributed by atoms with Gasteiger partial charge in [-0.15, -0.1) is 0 Å². The van der Waals surface area contributed by atoms with Crippen LogP contribution in [-0.4, -0.2) is 19.3 Å². The molecule has 0 fully saturated rings. The Labute approximate surface area is 71.1 Å². The second-order valence-electron chi connectivity index (χ2n) is 4.19. The molecule has 2 heteroatoms. The summed E-state index contributed by atoms with van der Waals surface area (Å²) >= 11 is 0. The van der Waals surface area contributed by atoms with Crippen molar-refractivity contribution in [3.8, 4) is 0 Å². The molecule has 1 atom stereocenters. The van der Waals surface area contributed by atoms with Crippen molar-refractivity contribution in [1.82, 2.24) is 0 Å². The highest BCUT2D eigenvalue weighted by molar-refractivity contribution is 6.80. The molecular weight excluding hydrogens is 152 g/mol. The molecule has 0 heterocycles. The topological polar surface area (TPSA) is 20.2 Å². The van der Waals surface area contributed by atoms with Crippen LogP contribution in [0.1, 0.15) is 19.8 Å². The molecule has 0 aliphatic carbocycles. The Kier molecular flexibility index (Phi) is 4.69. The summed E-state index contributed by atoms with van der Waals surface area (Å²) < 4.78 is 0. The molecule has 0 unspecified atom stereocenters. The molecular formula is C9H20OSi. The molecule has 0 amide bonds. The van der Waals surface area contributed by atoms with E-state index in [4.69, 9.17) is 5.11 Å². The Hall–Kier alpha value is -0.0831. The molecule has 0 saturated heterocycles. The van der Waals surface area contributed by atoms with Crippen LogP contribution in [0.2, 0.25) is 19.6 Å². The lowest BCUT2D eigenvalue weighted by molar-refractivity contribution is 0.186. The lowest BCUT2D eigenvalue weighted by Crippen LogP contribution is -2.15. The molecule has 0 rings (SSSR count). The number of aliphatic hydroxyl groups is 1. The van der Waals surface area contributed by atoms with E-state index >= 15 is 0 Å². The number of rotatable bonds is 4. The SMILES string of the molecule is C[C@@H](O)CC/C=C/[Si](C)(C)C. The molecule has 0 bridgehead atoms. The van der Waals surface area contributed by atoms with E-state index < -0.39 is 8.07 Å². The lowest BCUT2D eigenvalue weighted by Gasteiger charge is -2.08. The standard InChI is InChI=1S/C9H20OSi/c1-9(10)7-5-6-8-11(2,3)4/h6,8-10H,5,7H2,1-4H3/b8-6+/t9-/m1/s1. The maximum absolute atomic E-state index is 8.96. The van der Waals surface area contributed by atoms with Gasteiger partial charge < -0.3 is 5.11 Å². The highest BCUT2D eigenvalue weighted by Crippen LogP contribution is 2.04. The van der Waals surface area contributed by atoms with Crippen molar-refractivity contribution in [2.24, 2.45) is 0 Å². The zero-order valence-corrected chi connectivity index (χ0v) is 9.09. The summed E-state index contributed by atoms with van der Waals surface area (Å²) in [7, 11) is -0.991. The quantitative estimate of drug-likeness (QED) is 0.646. The molecule has 0 aromatic carbocycles. The summed E-state index contributed by atoms with van der Waals surface area (Å²) in [5.41, 5.74) is 2.33. The van der Waals surface area contributed by atoms with Crippen LogP contribution in [0.25, 0.3) is 0 Å². The molecule has 0 aliphatic heterocycles. The fourth-order valence-corrected chi connectivity index (χ4v) is 1.65. The van der Waals surface area contributed by atoms with Crippen molar-refractivity contribution in [1.29, 1.82) is 0 Å². The van der Waals surface area contributed by atoms with E-state index in [-0.39, 0.29) is 6.10 Å². The van der Waals surface area contributed by atoms with Gasteiger partial charge in [0.15, 0.2) is 0 Å². The summed E-state index contributed by atoms with van der Waals surface area (Å²) in [6, 6.07) is 0. The van der Waals surface area contributed by atoms with Crippen molar-refractivity contribution in [3.63, 3.8) is 0 Å². The predicted molar refractivity (Wildman–Crippen MR) is 53.4 cm³/mol. The second-order valence-corrected chi connectivity index (χ2v) is 9.26. The molecule has 0 radical (unpaired) electrons. The van der Waals surface area contributed by atoms with Crippen molar-refractivity contribution < 1.29 is 5.11 Å². The molecule has 66 valence electrons. The third kappa shape index (κ3) is 9.92. The first-order valence-corrected chi connectivity index (χ1v) is 7.85. The van der Waals surface area contributed by atoms with E-state index in [1.54, 1.807) is 0 Å². The molecule has 1 N–H and O–H groups in total. The Bertz CT molecular complexity index is 122. The Balaban J connectivity index is 3.46. The van der Waals surface area contributed by atoms with Crippen molar-refractivity contribution in [3.05, 3.63) is 11.8 Å². The summed E-state index contributed by atoms with van der Waals surface area (Å²) in [4.78, 5) is 0. The normalized spacial score (nSPS) is 15.7. The van der Waals surface area contributed by atoms with Gasteiger partial charge >= 0.3 is 0 Å². The van der Waals surface area contributed by atoms with Crippen molar-refractivity contribution in [2.75, 3.05) is 0 Å². The van der Waals surface area contributed by atoms with E-state index in [2.05, 4.69) is 31.4 Å². The average Bonchev–Trinajstić information content (AvgIpc) is 1.78. The number of aliphatic hydroxyl groups excluding tert-OH is 1. The first kappa shape index (κ1) is 10.9. The van der Waals surface area contributed by atoms with Crippen molar-refractivity contribution in [2.45, 2.75) is 45.5 Å². The highest BCUT2D eigenvalue weighted by atomic mass is 28.3. The van der Waals surface area contributed by atoms with Gasteiger partial charge in [-0.25, -0.2) is 0 Å². The van der Waals surface area contributed by atoms with E-state index in [0.717, 1.165) is 12.8 Å². The smallest absolute Gasteiger partial charge is 0.0682 e. The predicted octanol–water partition coefficient (Wildman–Crippen LogP) is 2.58. The first-order valence-electron chi connectivity index (χ1n) is 4.27. The summed E-state index contributed by atoms with van der Waals surface area (Å²) in [6.45, 7) is 8.77. The van der Waals surface area contributed by atoms with Gasteiger partial charge in [0.05, 0.1) is 14.2 Å². The molecule has 0 spiro atoms. The van der Waals surface area contributed by atoms with Gasteiger partial charge in [-0.1, -0.05) is 31.4 Å². The van der Waals surface area contributed by atoms with Crippen LogP contribution in [0, 0.1) is 0 Å². The van der Waals surface area contributed by atoms with Gasteiger partial charge in [0.2, 0.25) is 0 Å². The van der Waals surface area contributed by atoms with Crippen LogP contribution in [0.15, 0.2) is 11.8 Å². The minimum atomic E-state index is -0.991. The van der Waals surface area contributed by atoms with Crippen LogP contribution in [0.4, 0.5) is 0 Å². The average molecular weight is 172 g/mol. The third-order valence-electron chi connectivity index (χ3n) is 1.37. The minimum Gasteiger partial charge on any atom is -0.393 e. The molecule has 11 heavy (non-hydrogen) atoms. The molecule has 0 saturated carbocycles. The number of hydrogen-bond donors (Lipinski definition) is 1. The second kappa shape index (κ2) is 4.73. The van der Waals surface area contributed by atoms with E-state index in [1.807, 2.05) is 6.92 Å². The Morgan fingerprint density at radius 1 is 1.36 bits per heavy atom. The fraction of sp³-hybridized carbons (Fsp3) is 0.778. The number of hydrogen-bond acceptors (Lipinski definition) is 1. The van der Waals surface area contributed by atoms with Gasteiger partial charge in [0, 0.05) is 0 Å². The zero-order chi connectivity index (χ0) is 8.91. The van der Waals surface area contributed by atoms with Gasteiger partial charge in [0.25, 0.3) is 0 Å². The van der Waals surface area contributed by atoms with Crippen LogP contribution < -0.4 is 0 Å². The fourth-order valence-electron chi connectivity index (χ4n) is 0.774. The zero-order valence-electron chi connectivity index (χ0n) is 8.09. The monoisotopic (exact) mass is 172 g/mol. The lowest BCUT2D eigenvalue weighted by atomic mass is 10.2. The highest BCUT2D eigenvalue weighted by Gasteiger charge is 2.05. The van der Waals surface area contributed by atoms with Crippen molar-refractivity contribution >= 4 is 8.07 Å². The van der Waals surface area contributed by atoms with Gasteiger partial charge in [-0.2, -0.15) is 0 Å². The largest absolute Gasteiger partial charge is 0.393 e. The summed E-state index contributed by atoms with van der Waals surface area (Å²) in [6.07, 6.45) is 3.96. The Morgan fingerprint density at radius 2 is 1.91 bits per heavy atom. The molecule has 0 aromatic heterocycles. The molecule has 0 aliphatic rings. The number of allylic oxidation sites excluding steroid dienone is 1. The first-order chi connectivity index (χ1) is 4.92. The third-order valence-corrected chi connectivity index (χ3v) is 2.60. The molecule has 0 aromatic rings. The van der Waals surface area contributed by atoms with Crippen LogP contribution in [-0.2, 0) is 0 Å². The summed E-state index contributed by atoms with van der Waals surface area (Å²) in [5, 5.41) is 8.96. The molecule has 1 nitrogen and oxygen atoms in total. The van der Waals surface area contributed by atoms with Gasteiger partial charge in [-0.3, -0.25) is 0 Å². The van der Waals surface area contributed by atoms with Crippen LogP contribution >= 0.6 is 0 Å². The van der Waals surface area contributed by atoms with Gasteiger partial charge in [-0.05, 0) is 19.8 Å². The van der Waals surface area contributed by atoms with Crippen LogP contribution in [0.3, 0.4) is 0 Å². The van der Waals surface area contributed by atoms with Crippen LogP contribution in [0.5, 0.6) is 0 Å². The van der Waals surface area contributed by atoms with Gasteiger partial charge in [0.1, 0.15) is 0 Å². The van der Waals surface area contributed by atoms with E-state index in [9.17, 15) is 0 Å². The minimum absolute atomic E-state index is 0.152. The van der Waals surface area contributed by atoms with E-state index in [0.29, 0.717) is 0 Å². The Morgan fingerprint density at radius 3 is 2.27 bits per heavy atom. The van der Waals surface area contributed by atoms with E-state index in [1.165, 1.54) is 0 Å². The maximum atomic E-state index is 8.96. The summed E-state index contributed by atoms with van der Waals surface area (Å²) in [5.74, 6) is 0.